The van der Waals surface area contributed by atoms with E-state index >= 15 is 0 Å². The Morgan fingerprint density at radius 3 is 2.95 bits per heavy atom. The number of rotatable bonds is 3. The number of anilines is 1. The standard InChI is InChI=1S/C11H15N3O4S/c1-6-10(16)12-3-4-13(6)11-8(14(17)18)5-9(19-11)7(2)15/h5-7,15H,3-4H2,1-2H3,(H,12,16)/t6?,7-/m0/s1. The van der Waals surface area contributed by atoms with Gasteiger partial charge in [-0.05, 0) is 13.8 Å². The monoisotopic (exact) mass is 285 g/mol. The molecular formula is C11H15N3O4S. The average molecular weight is 285 g/mol. The summed E-state index contributed by atoms with van der Waals surface area (Å²) in [7, 11) is 0. The zero-order valence-corrected chi connectivity index (χ0v) is 11.4. The van der Waals surface area contributed by atoms with E-state index in [1.165, 1.54) is 6.07 Å². The first-order valence-electron chi connectivity index (χ1n) is 5.92. The Morgan fingerprint density at radius 1 is 1.68 bits per heavy atom. The van der Waals surface area contributed by atoms with Crippen molar-refractivity contribution in [3.8, 4) is 0 Å². The minimum Gasteiger partial charge on any atom is -0.388 e. The molecule has 2 N–H and O–H groups in total. The van der Waals surface area contributed by atoms with E-state index in [1.54, 1.807) is 18.7 Å². The summed E-state index contributed by atoms with van der Waals surface area (Å²) < 4.78 is 0. The summed E-state index contributed by atoms with van der Waals surface area (Å²) in [6.07, 6.45) is -0.758. The molecule has 2 heterocycles. The van der Waals surface area contributed by atoms with Gasteiger partial charge in [0.25, 0.3) is 0 Å². The molecule has 1 aromatic heterocycles. The first-order valence-corrected chi connectivity index (χ1v) is 6.74. The number of hydrogen-bond acceptors (Lipinski definition) is 6. The second-order valence-corrected chi connectivity index (χ2v) is 5.49. The quantitative estimate of drug-likeness (QED) is 0.639. The first kappa shape index (κ1) is 13.8. The van der Waals surface area contributed by atoms with Crippen LogP contribution in [0.25, 0.3) is 0 Å². The molecule has 7 nitrogen and oxygen atoms in total. The fourth-order valence-corrected chi connectivity index (χ4v) is 3.16. The van der Waals surface area contributed by atoms with Gasteiger partial charge < -0.3 is 15.3 Å². The van der Waals surface area contributed by atoms with Gasteiger partial charge in [0, 0.05) is 24.0 Å². The van der Waals surface area contributed by atoms with Crippen LogP contribution in [-0.4, -0.2) is 35.1 Å². The lowest BCUT2D eigenvalue weighted by atomic mass is 10.2. The van der Waals surface area contributed by atoms with Crippen molar-refractivity contribution in [2.24, 2.45) is 0 Å². The highest BCUT2D eigenvalue weighted by atomic mass is 32.1. The molecule has 8 heteroatoms. The fraction of sp³-hybridized carbons (Fsp3) is 0.545. The van der Waals surface area contributed by atoms with Crippen molar-refractivity contribution >= 4 is 27.9 Å². The van der Waals surface area contributed by atoms with Gasteiger partial charge in [-0.15, -0.1) is 11.3 Å². The Labute approximate surface area is 114 Å². The number of piperazine rings is 1. The minimum absolute atomic E-state index is 0.0533. The maximum absolute atomic E-state index is 11.6. The van der Waals surface area contributed by atoms with Crippen molar-refractivity contribution < 1.29 is 14.8 Å². The molecule has 2 atom stereocenters. The molecule has 0 spiro atoms. The Kier molecular flexibility index (Phi) is 3.72. The molecule has 1 aliphatic rings. The van der Waals surface area contributed by atoms with E-state index in [2.05, 4.69) is 5.32 Å². The third-order valence-electron chi connectivity index (χ3n) is 3.08. The van der Waals surface area contributed by atoms with E-state index < -0.39 is 17.1 Å². The first-order chi connectivity index (χ1) is 8.91. The highest BCUT2D eigenvalue weighted by Crippen LogP contribution is 2.41. The number of nitro groups is 1. The number of aliphatic hydroxyl groups excluding tert-OH is 1. The Balaban J connectivity index is 2.42. The Hall–Kier alpha value is -1.67. The summed E-state index contributed by atoms with van der Waals surface area (Å²) in [5.74, 6) is -0.146. The Bertz CT molecular complexity index is 514. The predicted molar refractivity (Wildman–Crippen MR) is 71.4 cm³/mol. The van der Waals surface area contributed by atoms with Crippen LogP contribution in [0, 0.1) is 10.1 Å². The number of carbonyl (C=O) groups excluding carboxylic acids is 1. The van der Waals surface area contributed by atoms with Crippen LogP contribution in [0.3, 0.4) is 0 Å². The summed E-state index contributed by atoms with van der Waals surface area (Å²) in [4.78, 5) is 24.5. The van der Waals surface area contributed by atoms with Crippen molar-refractivity contribution in [3.05, 3.63) is 21.1 Å². The highest BCUT2D eigenvalue weighted by Gasteiger charge is 2.32. The van der Waals surface area contributed by atoms with E-state index in [1.807, 2.05) is 0 Å². The number of aliphatic hydroxyl groups is 1. The van der Waals surface area contributed by atoms with Crippen LogP contribution in [0.5, 0.6) is 0 Å². The number of thiophene rings is 1. The lowest BCUT2D eigenvalue weighted by Crippen LogP contribution is -2.53. The largest absolute Gasteiger partial charge is 0.388 e. The molecule has 19 heavy (non-hydrogen) atoms. The van der Waals surface area contributed by atoms with E-state index in [0.717, 1.165) is 11.3 Å². The molecule has 104 valence electrons. The SMILES string of the molecule is CC1C(=O)NCCN1c1sc([C@H](C)O)cc1[N+](=O)[O-]. The second-order valence-electron chi connectivity index (χ2n) is 4.43. The van der Waals surface area contributed by atoms with Crippen molar-refractivity contribution in [2.45, 2.75) is 26.0 Å². The van der Waals surface area contributed by atoms with Crippen LogP contribution in [0.15, 0.2) is 6.07 Å². The molecule has 0 aromatic carbocycles. The third-order valence-corrected chi connectivity index (χ3v) is 4.41. The number of nitrogens with one attached hydrogen (secondary N) is 1. The summed E-state index contributed by atoms with van der Waals surface area (Å²) in [5.41, 5.74) is -0.0533. The lowest BCUT2D eigenvalue weighted by molar-refractivity contribution is -0.383. The van der Waals surface area contributed by atoms with Gasteiger partial charge in [0.15, 0.2) is 5.00 Å². The second kappa shape index (κ2) is 5.14. The molecule has 1 saturated heterocycles. The molecule has 1 amide bonds. The van der Waals surface area contributed by atoms with Gasteiger partial charge >= 0.3 is 5.69 Å². The molecule has 0 bridgehead atoms. The topological polar surface area (TPSA) is 95.7 Å². The third kappa shape index (κ3) is 2.54. The van der Waals surface area contributed by atoms with E-state index in [9.17, 15) is 20.0 Å². The van der Waals surface area contributed by atoms with E-state index in [0.29, 0.717) is 23.0 Å². The van der Waals surface area contributed by atoms with E-state index in [4.69, 9.17) is 0 Å². The maximum atomic E-state index is 11.6. The molecule has 2 rings (SSSR count). The van der Waals surface area contributed by atoms with Crippen molar-refractivity contribution in [3.63, 3.8) is 0 Å². The summed E-state index contributed by atoms with van der Waals surface area (Å²) in [5, 5.41) is 23.8. The van der Waals surface area contributed by atoms with Crippen LogP contribution < -0.4 is 10.2 Å². The molecular weight excluding hydrogens is 270 g/mol. The van der Waals surface area contributed by atoms with Gasteiger partial charge in [0.05, 0.1) is 11.0 Å². The normalized spacial score (nSPS) is 21.1. The summed E-state index contributed by atoms with van der Waals surface area (Å²) in [6, 6.07) is 0.928. The van der Waals surface area contributed by atoms with Crippen LogP contribution in [-0.2, 0) is 4.79 Å². The van der Waals surface area contributed by atoms with Gasteiger partial charge in [0.2, 0.25) is 5.91 Å². The van der Waals surface area contributed by atoms with Crippen LogP contribution in [0.4, 0.5) is 10.7 Å². The molecule has 1 unspecified atom stereocenters. The van der Waals surface area contributed by atoms with E-state index in [-0.39, 0.29) is 11.6 Å². The Morgan fingerprint density at radius 2 is 2.37 bits per heavy atom. The fourth-order valence-electron chi connectivity index (χ4n) is 1.99. The van der Waals surface area contributed by atoms with Crippen LogP contribution in [0.2, 0.25) is 0 Å². The number of amides is 1. The predicted octanol–water partition coefficient (Wildman–Crippen LogP) is 1.03. The number of hydrogen-bond donors (Lipinski definition) is 2. The van der Waals surface area contributed by atoms with Crippen molar-refractivity contribution in [2.75, 3.05) is 18.0 Å². The molecule has 1 fully saturated rings. The molecule has 0 radical (unpaired) electrons. The lowest BCUT2D eigenvalue weighted by Gasteiger charge is -2.32. The smallest absolute Gasteiger partial charge is 0.304 e. The van der Waals surface area contributed by atoms with Gasteiger partial charge in [-0.25, -0.2) is 0 Å². The van der Waals surface area contributed by atoms with Crippen molar-refractivity contribution in [1.82, 2.24) is 5.32 Å². The average Bonchev–Trinajstić information content (AvgIpc) is 2.77. The van der Waals surface area contributed by atoms with Gasteiger partial charge in [-0.2, -0.15) is 0 Å². The number of nitrogens with zero attached hydrogens (tertiary/aromatic N) is 2. The maximum Gasteiger partial charge on any atom is 0.304 e. The molecule has 0 aliphatic carbocycles. The minimum atomic E-state index is -0.758. The number of carbonyl (C=O) groups is 1. The van der Waals surface area contributed by atoms with Crippen LogP contribution in [0.1, 0.15) is 24.8 Å². The van der Waals surface area contributed by atoms with Gasteiger partial charge in [-0.3, -0.25) is 14.9 Å². The summed E-state index contributed by atoms with van der Waals surface area (Å²) in [6.45, 7) is 4.25. The highest BCUT2D eigenvalue weighted by molar-refractivity contribution is 7.16. The molecule has 1 aromatic rings. The van der Waals surface area contributed by atoms with Gasteiger partial charge in [-0.1, -0.05) is 0 Å². The summed E-state index contributed by atoms with van der Waals surface area (Å²) >= 11 is 1.16. The molecule has 0 saturated carbocycles. The van der Waals surface area contributed by atoms with Gasteiger partial charge in [0.1, 0.15) is 6.04 Å². The van der Waals surface area contributed by atoms with Crippen molar-refractivity contribution in [1.29, 1.82) is 0 Å². The van der Waals surface area contributed by atoms with Crippen LogP contribution >= 0.6 is 11.3 Å². The zero-order valence-electron chi connectivity index (χ0n) is 10.6. The molecule has 1 aliphatic heterocycles. The zero-order chi connectivity index (χ0) is 14.2.